The molecule has 0 aliphatic heterocycles. The van der Waals surface area contributed by atoms with Gasteiger partial charge in [0.1, 0.15) is 6.26 Å². The van der Waals surface area contributed by atoms with Crippen molar-refractivity contribution in [1.29, 1.82) is 0 Å². The van der Waals surface area contributed by atoms with Gasteiger partial charge in [0.05, 0.1) is 6.54 Å². The van der Waals surface area contributed by atoms with E-state index in [1.54, 1.807) is 0 Å². The summed E-state index contributed by atoms with van der Waals surface area (Å²) in [6, 6.07) is 0. The molecule has 0 saturated carbocycles. The predicted molar refractivity (Wildman–Crippen MR) is 50.1 cm³/mol. The lowest BCUT2D eigenvalue weighted by Gasteiger charge is -1.98. The van der Waals surface area contributed by atoms with Crippen molar-refractivity contribution in [2.45, 2.75) is 26.3 Å². The van der Waals surface area contributed by atoms with Crippen molar-refractivity contribution in [3.05, 3.63) is 17.8 Å². The Bertz CT molecular complexity index is 296. The number of carboxylic acids is 1. The smallest absolute Gasteiger partial charge is 0.357 e. The standard InChI is InChI=1S/C9H14N2O3/c1-2-3-4-10-5-8-11-7(6-14-8)9(12)13/h6,10H,2-5H2,1H3,(H,12,13). The van der Waals surface area contributed by atoms with Crippen molar-refractivity contribution in [3.63, 3.8) is 0 Å². The molecule has 0 radical (unpaired) electrons. The monoisotopic (exact) mass is 198 g/mol. The van der Waals surface area contributed by atoms with E-state index in [0.29, 0.717) is 12.4 Å². The Morgan fingerprint density at radius 2 is 2.50 bits per heavy atom. The summed E-state index contributed by atoms with van der Waals surface area (Å²) in [6.45, 7) is 3.48. The van der Waals surface area contributed by atoms with Gasteiger partial charge < -0.3 is 14.8 Å². The topological polar surface area (TPSA) is 75.4 Å². The van der Waals surface area contributed by atoms with Crippen LogP contribution in [0.15, 0.2) is 10.7 Å². The van der Waals surface area contributed by atoms with Gasteiger partial charge in [-0.1, -0.05) is 13.3 Å². The fourth-order valence-corrected chi connectivity index (χ4v) is 0.987. The molecule has 0 spiro atoms. The van der Waals surface area contributed by atoms with Gasteiger partial charge in [-0.05, 0) is 13.0 Å². The molecule has 2 N–H and O–H groups in total. The van der Waals surface area contributed by atoms with Gasteiger partial charge in [-0.3, -0.25) is 0 Å². The van der Waals surface area contributed by atoms with Crippen LogP contribution in [0.5, 0.6) is 0 Å². The van der Waals surface area contributed by atoms with Gasteiger partial charge in [0.25, 0.3) is 0 Å². The van der Waals surface area contributed by atoms with Gasteiger partial charge in [0.15, 0.2) is 5.69 Å². The molecule has 0 atom stereocenters. The summed E-state index contributed by atoms with van der Waals surface area (Å²) < 4.78 is 4.95. The second-order valence-corrected chi connectivity index (χ2v) is 2.96. The summed E-state index contributed by atoms with van der Waals surface area (Å²) in [7, 11) is 0. The van der Waals surface area contributed by atoms with Crippen LogP contribution in [0.1, 0.15) is 36.1 Å². The molecule has 0 aliphatic rings. The molecule has 78 valence electrons. The summed E-state index contributed by atoms with van der Waals surface area (Å²) in [5.74, 6) is -0.646. The lowest BCUT2D eigenvalue weighted by Crippen LogP contribution is -2.14. The first-order chi connectivity index (χ1) is 6.74. The highest BCUT2D eigenvalue weighted by Gasteiger charge is 2.09. The van der Waals surface area contributed by atoms with Crippen molar-refractivity contribution < 1.29 is 14.3 Å². The molecule has 0 saturated heterocycles. The third kappa shape index (κ3) is 3.18. The van der Waals surface area contributed by atoms with E-state index in [1.807, 2.05) is 0 Å². The number of rotatable bonds is 6. The van der Waals surface area contributed by atoms with Crippen molar-refractivity contribution in [1.82, 2.24) is 10.3 Å². The molecule has 1 rings (SSSR count). The SMILES string of the molecule is CCCCNCc1nc(C(=O)O)co1. The molecule has 14 heavy (non-hydrogen) atoms. The van der Waals surface area contributed by atoms with Gasteiger partial charge in [-0.25, -0.2) is 9.78 Å². The van der Waals surface area contributed by atoms with E-state index in [0.717, 1.165) is 25.6 Å². The van der Waals surface area contributed by atoms with Gasteiger partial charge >= 0.3 is 5.97 Å². The molecule has 0 aliphatic carbocycles. The zero-order valence-electron chi connectivity index (χ0n) is 8.12. The fraction of sp³-hybridized carbons (Fsp3) is 0.556. The maximum atomic E-state index is 10.4. The largest absolute Gasteiger partial charge is 0.476 e. The van der Waals surface area contributed by atoms with Crippen molar-refractivity contribution >= 4 is 5.97 Å². The minimum atomic E-state index is -1.06. The Hall–Kier alpha value is -1.36. The lowest BCUT2D eigenvalue weighted by molar-refractivity contribution is 0.0690. The molecule has 0 bridgehead atoms. The normalized spacial score (nSPS) is 10.4. The van der Waals surface area contributed by atoms with Gasteiger partial charge in [0, 0.05) is 0 Å². The summed E-state index contributed by atoms with van der Waals surface area (Å²) in [5, 5.41) is 11.7. The highest BCUT2D eigenvalue weighted by atomic mass is 16.4. The van der Waals surface area contributed by atoms with Gasteiger partial charge in [-0.15, -0.1) is 0 Å². The van der Waals surface area contributed by atoms with Crippen LogP contribution in [-0.2, 0) is 6.54 Å². The number of unbranched alkanes of at least 4 members (excludes halogenated alkanes) is 1. The van der Waals surface area contributed by atoms with Crippen LogP contribution >= 0.6 is 0 Å². The second-order valence-electron chi connectivity index (χ2n) is 2.96. The average molecular weight is 198 g/mol. The zero-order chi connectivity index (χ0) is 10.4. The molecule has 1 aromatic rings. The highest BCUT2D eigenvalue weighted by molar-refractivity contribution is 5.84. The van der Waals surface area contributed by atoms with E-state index in [-0.39, 0.29) is 5.69 Å². The average Bonchev–Trinajstić information content (AvgIpc) is 2.61. The van der Waals surface area contributed by atoms with Crippen LogP contribution in [0.3, 0.4) is 0 Å². The molecule has 1 heterocycles. The van der Waals surface area contributed by atoms with Crippen LogP contribution in [0, 0.1) is 0 Å². The van der Waals surface area contributed by atoms with Crippen LogP contribution in [0.4, 0.5) is 0 Å². The number of carbonyl (C=O) groups is 1. The Kier molecular flexibility index (Phi) is 4.12. The lowest BCUT2D eigenvalue weighted by atomic mass is 10.3. The van der Waals surface area contributed by atoms with Crippen molar-refractivity contribution in [3.8, 4) is 0 Å². The number of oxazole rings is 1. The summed E-state index contributed by atoms with van der Waals surface area (Å²) in [4.78, 5) is 14.2. The second kappa shape index (κ2) is 5.39. The van der Waals surface area contributed by atoms with Crippen LogP contribution < -0.4 is 5.32 Å². The quantitative estimate of drug-likeness (QED) is 0.673. The number of nitrogens with zero attached hydrogens (tertiary/aromatic N) is 1. The molecular weight excluding hydrogens is 184 g/mol. The van der Waals surface area contributed by atoms with Crippen LogP contribution in [0.25, 0.3) is 0 Å². The first-order valence-corrected chi connectivity index (χ1v) is 4.62. The van der Waals surface area contributed by atoms with E-state index in [9.17, 15) is 4.79 Å². The maximum absolute atomic E-state index is 10.4. The van der Waals surface area contributed by atoms with E-state index >= 15 is 0 Å². The van der Waals surface area contributed by atoms with Crippen molar-refractivity contribution in [2.75, 3.05) is 6.54 Å². The molecule has 5 heteroatoms. The number of carboxylic acid groups (broad SMARTS) is 1. The highest BCUT2D eigenvalue weighted by Crippen LogP contribution is 2.01. The molecule has 0 unspecified atom stereocenters. The van der Waals surface area contributed by atoms with E-state index < -0.39 is 5.97 Å². The van der Waals surface area contributed by atoms with E-state index in [1.165, 1.54) is 0 Å². The van der Waals surface area contributed by atoms with E-state index in [2.05, 4.69) is 17.2 Å². The number of nitrogens with one attached hydrogen (secondary N) is 1. The number of hydrogen-bond donors (Lipinski definition) is 2. The minimum Gasteiger partial charge on any atom is -0.476 e. The Morgan fingerprint density at radius 1 is 1.71 bits per heavy atom. The summed E-state index contributed by atoms with van der Waals surface area (Å²) >= 11 is 0. The maximum Gasteiger partial charge on any atom is 0.357 e. The Morgan fingerprint density at radius 3 is 3.07 bits per heavy atom. The van der Waals surface area contributed by atoms with E-state index in [4.69, 9.17) is 9.52 Å². The molecule has 0 fully saturated rings. The third-order valence-electron chi connectivity index (χ3n) is 1.75. The first kappa shape index (κ1) is 10.7. The Labute approximate surface area is 82.1 Å². The number of aromatic carboxylic acids is 1. The fourth-order valence-electron chi connectivity index (χ4n) is 0.987. The third-order valence-corrected chi connectivity index (χ3v) is 1.75. The Balaban J connectivity index is 2.33. The van der Waals surface area contributed by atoms with Crippen LogP contribution in [-0.4, -0.2) is 22.6 Å². The number of aromatic nitrogens is 1. The first-order valence-electron chi connectivity index (χ1n) is 4.62. The summed E-state index contributed by atoms with van der Waals surface area (Å²) in [6.07, 6.45) is 3.37. The molecule has 5 nitrogen and oxygen atoms in total. The van der Waals surface area contributed by atoms with Gasteiger partial charge in [0.2, 0.25) is 5.89 Å². The minimum absolute atomic E-state index is 0.0442. The van der Waals surface area contributed by atoms with Crippen molar-refractivity contribution in [2.24, 2.45) is 0 Å². The predicted octanol–water partition coefficient (Wildman–Crippen LogP) is 1.26. The molecular formula is C9H14N2O3. The molecule has 0 aromatic carbocycles. The summed E-state index contributed by atoms with van der Waals surface area (Å²) in [5.41, 5.74) is -0.0442. The van der Waals surface area contributed by atoms with Crippen LogP contribution in [0.2, 0.25) is 0 Å². The molecule has 1 aromatic heterocycles. The zero-order valence-corrected chi connectivity index (χ0v) is 8.12. The number of hydrogen-bond acceptors (Lipinski definition) is 4. The molecule has 0 amide bonds. The van der Waals surface area contributed by atoms with Gasteiger partial charge in [-0.2, -0.15) is 0 Å².